The third kappa shape index (κ3) is 3.78. The Morgan fingerprint density at radius 3 is 2.29 bits per heavy atom. The average molecular weight is 292 g/mol. The van der Waals surface area contributed by atoms with E-state index in [-0.39, 0.29) is 24.3 Å². The molecule has 3 nitrogen and oxygen atoms in total. The zero-order valence-electron chi connectivity index (χ0n) is 11.1. The summed E-state index contributed by atoms with van der Waals surface area (Å²) in [6.45, 7) is -0.0216. The number of halogens is 2. The van der Waals surface area contributed by atoms with Gasteiger partial charge in [0, 0.05) is 5.56 Å². The monoisotopic (exact) mass is 292 g/mol. The second kappa shape index (κ2) is 6.83. The van der Waals surface area contributed by atoms with Crippen LogP contribution in [0.2, 0.25) is 0 Å². The normalized spacial score (nSPS) is 11.9. The standard InChI is InChI=1S/C16H14F2O3/c17-13-6-2-1-5-11(13)12(16(19)20)9-10-21-15-8-4-3-7-14(15)18/h1-8,12H,9-10H2,(H,19,20). The minimum Gasteiger partial charge on any atom is -0.490 e. The number of carbonyl (C=O) groups is 1. The molecule has 0 bridgehead atoms. The fourth-order valence-corrected chi connectivity index (χ4v) is 2.02. The smallest absolute Gasteiger partial charge is 0.311 e. The lowest BCUT2D eigenvalue weighted by atomic mass is 9.96. The zero-order chi connectivity index (χ0) is 15.2. The molecule has 5 heteroatoms. The maximum Gasteiger partial charge on any atom is 0.311 e. The summed E-state index contributed by atoms with van der Waals surface area (Å²) in [5, 5.41) is 9.21. The highest BCUT2D eigenvalue weighted by molar-refractivity contribution is 5.76. The quantitative estimate of drug-likeness (QED) is 0.884. The van der Waals surface area contributed by atoms with E-state index in [2.05, 4.69) is 0 Å². The van der Waals surface area contributed by atoms with Crippen LogP contribution in [-0.4, -0.2) is 17.7 Å². The van der Waals surface area contributed by atoms with Gasteiger partial charge in [-0.25, -0.2) is 8.78 Å². The van der Waals surface area contributed by atoms with Crippen LogP contribution in [0.1, 0.15) is 17.9 Å². The van der Waals surface area contributed by atoms with E-state index in [1.165, 1.54) is 36.4 Å². The number of carboxylic acids is 1. The third-order valence-corrected chi connectivity index (χ3v) is 3.08. The van der Waals surface area contributed by atoms with Crippen LogP contribution in [0, 0.1) is 11.6 Å². The van der Waals surface area contributed by atoms with Crippen LogP contribution in [0.5, 0.6) is 5.75 Å². The number of benzene rings is 2. The lowest BCUT2D eigenvalue weighted by Crippen LogP contribution is -2.16. The van der Waals surface area contributed by atoms with E-state index in [0.717, 1.165) is 0 Å². The molecule has 2 rings (SSSR count). The molecule has 0 saturated carbocycles. The number of hydrogen-bond donors (Lipinski definition) is 1. The Labute approximate surface area is 120 Å². The summed E-state index contributed by atoms with van der Waals surface area (Å²) in [5.41, 5.74) is 0.0992. The molecule has 2 aromatic rings. The molecule has 21 heavy (non-hydrogen) atoms. The van der Waals surface area contributed by atoms with Gasteiger partial charge in [-0.15, -0.1) is 0 Å². The van der Waals surface area contributed by atoms with Gasteiger partial charge in [-0.2, -0.15) is 0 Å². The van der Waals surface area contributed by atoms with Gasteiger partial charge >= 0.3 is 5.97 Å². The summed E-state index contributed by atoms with van der Waals surface area (Å²) in [4.78, 5) is 11.3. The maximum atomic E-state index is 13.7. The molecule has 0 fully saturated rings. The van der Waals surface area contributed by atoms with Crippen molar-refractivity contribution in [3.05, 3.63) is 65.7 Å². The van der Waals surface area contributed by atoms with Crippen LogP contribution in [-0.2, 0) is 4.79 Å². The Morgan fingerprint density at radius 1 is 1.05 bits per heavy atom. The van der Waals surface area contributed by atoms with Crippen molar-refractivity contribution < 1.29 is 23.4 Å². The van der Waals surface area contributed by atoms with Crippen molar-refractivity contribution >= 4 is 5.97 Å². The molecular formula is C16H14F2O3. The van der Waals surface area contributed by atoms with E-state index in [1.54, 1.807) is 12.1 Å². The number of ether oxygens (including phenoxy) is 1. The van der Waals surface area contributed by atoms with Crippen LogP contribution in [0.3, 0.4) is 0 Å². The van der Waals surface area contributed by atoms with Crippen LogP contribution < -0.4 is 4.74 Å². The van der Waals surface area contributed by atoms with Gasteiger partial charge in [0.25, 0.3) is 0 Å². The van der Waals surface area contributed by atoms with Gasteiger partial charge in [-0.3, -0.25) is 4.79 Å². The second-order valence-electron chi connectivity index (χ2n) is 4.48. The topological polar surface area (TPSA) is 46.5 Å². The lowest BCUT2D eigenvalue weighted by molar-refractivity contribution is -0.139. The maximum absolute atomic E-state index is 13.7. The van der Waals surface area contributed by atoms with E-state index in [1.807, 2.05) is 0 Å². The van der Waals surface area contributed by atoms with Crippen molar-refractivity contribution in [3.8, 4) is 5.75 Å². The molecule has 0 heterocycles. The van der Waals surface area contributed by atoms with Gasteiger partial charge in [-0.1, -0.05) is 30.3 Å². The molecule has 0 aromatic heterocycles. The van der Waals surface area contributed by atoms with E-state index in [4.69, 9.17) is 4.74 Å². The van der Waals surface area contributed by atoms with E-state index in [9.17, 15) is 18.7 Å². The molecule has 0 amide bonds. The van der Waals surface area contributed by atoms with E-state index in [0.29, 0.717) is 0 Å². The van der Waals surface area contributed by atoms with Crippen molar-refractivity contribution in [2.24, 2.45) is 0 Å². The summed E-state index contributed by atoms with van der Waals surface area (Å²) < 4.78 is 32.2. The number of para-hydroxylation sites is 1. The first-order valence-corrected chi connectivity index (χ1v) is 6.44. The Morgan fingerprint density at radius 2 is 1.67 bits per heavy atom. The number of aliphatic carboxylic acids is 1. The van der Waals surface area contributed by atoms with E-state index < -0.39 is 23.5 Å². The van der Waals surface area contributed by atoms with Crippen molar-refractivity contribution in [3.63, 3.8) is 0 Å². The third-order valence-electron chi connectivity index (χ3n) is 3.08. The van der Waals surface area contributed by atoms with Crippen LogP contribution in [0.15, 0.2) is 48.5 Å². The minimum atomic E-state index is -1.14. The van der Waals surface area contributed by atoms with Crippen molar-refractivity contribution in [2.45, 2.75) is 12.3 Å². The molecule has 2 aromatic carbocycles. The Kier molecular flexibility index (Phi) is 4.87. The molecule has 0 saturated heterocycles. The molecule has 0 spiro atoms. The lowest BCUT2D eigenvalue weighted by Gasteiger charge is -2.14. The second-order valence-corrected chi connectivity index (χ2v) is 4.48. The molecule has 0 aliphatic rings. The molecular weight excluding hydrogens is 278 g/mol. The van der Waals surface area contributed by atoms with Crippen LogP contribution in [0.25, 0.3) is 0 Å². The first kappa shape index (κ1) is 15.0. The first-order valence-electron chi connectivity index (χ1n) is 6.44. The van der Waals surface area contributed by atoms with Gasteiger partial charge in [0.2, 0.25) is 0 Å². The van der Waals surface area contributed by atoms with Gasteiger partial charge < -0.3 is 9.84 Å². The summed E-state index contributed by atoms with van der Waals surface area (Å²) in [6.07, 6.45) is 0.0462. The summed E-state index contributed by atoms with van der Waals surface area (Å²) >= 11 is 0. The SMILES string of the molecule is O=C(O)C(CCOc1ccccc1F)c1ccccc1F. The van der Waals surface area contributed by atoms with E-state index >= 15 is 0 Å². The average Bonchev–Trinajstić information content (AvgIpc) is 2.46. The Balaban J connectivity index is 2.04. The molecule has 1 N–H and O–H groups in total. The Bertz CT molecular complexity index is 628. The van der Waals surface area contributed by atoms with Gasteiger partial charge in [0.05, 0.1) is 12.5 Å². The Hall–Kier alpha value is -2.43. The van der Waals surface area contributed by atoms with Gasteiger partial charge in [0.1, 0.15) is 5.82 Å². The molecule has 0 aliphatic heterocycles. The predicted molar refractivity (Wildman–Crippen MR) is 73.3 cm³/mol. The van der Waals surface area contributed by atoms with Crippen molar-refractivity contribution in [2.75, 3.05) is 6.61 Å². The summed E-state index contributed by atoms with van der Waals surface area (Å²) in [5.74, 6) is -3.21. The van der Waals surface area contributed by atoms with Gasteiger partial charge in [-0.05, 0) is 24.6 Å². The summed E-state index contributed by atoms with van der Waals surface area (Å²) in [6, 6.07) is 11.6. The highest BCUT2D eigenvalue weighted by Gasteiger charge is 2.23. The number of carboxylic acid groups (broad SMARTS) is 1. The van der Waals surface area contributed by atoms with Crippen LogP contribution >= 0.6 is 0 Å². The fraction of sp³-hybridized carbons (Fsp3) is 0.188. The molecule has 0 radical (unpaired) electrons. The number of rotatable bonds is 6. The van der Waals surface area contributed by atoms with Gasteiger partial charge in [0.15, 0.2) is 11.6 Å². The highest BCUT2D eigenvalue weighted by Crippen LogP contribution is 2.24. The highest BCUT2D eigenvalue weighted by atomic mass is 19.1. The molecule has 1 unspecified atom stereocenters. The molecule has 1 atom stereocenters. The number of hydrogen-bond acceptors (Lipinski definition) is 2. The largest absolute Gasteiger partial charge is 0.490 e. The van der Waals surface area contributed by atoms with Crippen molar-refractivity contribution in [1.82, 2.24) is 0 Å². The fourth-order valence-electron chi connectivity index (χ4n) is 2.02. The molecule has 0 aliphatic carbocycles. The predicted octanol–water partition coefficient (Wildman–Crippen LogP) is 3.60. The first-order chi connectivity index (χ1) is 10.1. The molecule has 110 valence electrons. The minimum absolute atomic E-state index is 0.0216. The van der Waals surface area contributed by atoms with Crippen molar-refractivity contribution in [1.29, 1.82) is 0 Å². The zero-order valence-corrected chi connectivity index (χ0v) is 11.1. The summed E-state index contributed by atoms with van der Waals surface area (Å²) in [7, 11) is 0. The van der Waals surface area contributed by atoms with Crippen LogP contribution in [0.4, 0.5) is 8.78 Å².